The van der Waals surface area contributed by atoms with Gasteiger partial charge in [0.05, 0.1) is 0 Å². The molecule has 0 spiro atoms. The molecule has 0 aliphatic carbocycles. The third kappa shape index (κ3) is 9.65. The van der Waals surface area contributed by atoms with Crippen molar-refractivity contribution in [1.82, 2.24) is 0 Å². The number of hydrogen-bond acceptors (Lipinski definition) is 5. The van der Waals surface area contributed by atoms with E-state index in [0.717, 1.165) is 56.8 Å². The van der Waals surface area contributed by atoms with Crippen LogP contribution in [0.2, 0.25) is 0 Å². The molecule has 0 heterocycles. The van der Waals surface area contributed by atoms with E-state index in [2.05, 4.69) is 0 Å². The van der Waals surface area contributed by atoms with Gasteiger partial charge in [-0.15, -0.1) is 0 Å². The maximum Gasteiger partial charge on any atom is 0.308 e. The van der Waals surface area contributed by atoms with Crippen molar-refractivity contribution in [3.05, 3.63) is 23.8 Å². The van der Waals surface area contributed by atoms with Gasteiger partial charge in [-0.1, -0.05) is 32.1 Å². The minimum Gasteiger partial charge on any atom is -0.427 e. The molecule has 1 aromatic carbocycles. The summed E-state index contributed by atoms with van der Waals surface area (Å²) >= 11 is 0. The lowest BCUT2D eigenvalue weighted by Crippen LogP contribution is -2.06. The van der Waals surface area contributed by atoms with Crippen molar-refractivity contribution in [3.8, 4) is 11.5 Å². The Hall–Kier alpha value is -2.17. The van der Waals surface area contributed by atoms with Gasteiger partial charge in [0.25, 0.3) is 0 Å². The number of hydrogen-bond donors (Lipinski definition) is 0. The highest BCUT2D eigenvalue weighted by Crippen LogP contribution is 2.26. The highest BCUT2D eigenvalue weighted by molar-refractivity contribution is 5.71. The van der Waals surface area contributed by atoms with Crippen molar-refractivity contribution in [2.45, 2.75) is 71.6 Å². The molecule has 0 aliphatic rings. The number of benzene rings is 1. The summed E-state index contributed by atoms with van der Waals surface area (Å²) in [5.74, 6) is 0.253. The molecule has 5 nitrogen and oxygen atoms in total. The summed E-state index contributed by atoms with van der Waals surface area (Å²) in [6.45, 7) is 2.73. The molecule has 25 heavy (non-hydrogen) atoms. The fourth-order valence-electron chi connectivity index (χ4n) is 2.66. The Morgan fingerprint density at radius 3 is 2.08 bits per heavy atom. The smallest absolute Gasteiger partial charge is 0.308 e. The van der Waals surface area contributed by atoms with Gasteiger partial charge in [-0.3, -0.25) is 9.59 Å². The molecule has 0 amide bonds. The molecule has 5 heteroatoms. The number of rotatable bonds is 12. The van der Waals surface area contributed by atoms with E-state index >= 15 is 0 Å². The number of unbranched alkanes of at least 4 members (excludes halogenated alkanes) is 7. The van der Waals surface area contributed by atoms with Crippen LogP contribution in [0.4, 0.5) is 0 Å². The van der Waals surface area contributed by atoms with Gasteiger partial charge in [0.15, 0.2) is 0 Å². The fourth-order valence-corrected chi connectivity index (χ4v) is 2.66. The maximum absolute atomic E-state index is 11.2. The number of ether oxygens (including phenoxy) is 2. The number of carbonyl (C=O) groups is 3. The van der Waals surface area contributed by atoms with E-state index in [0.29, 0.717) is 17.9 Å². The number of carbonyl (C=O) groups excluding carboxylic acids is 3. The normalized spacial score (nSPS) is 10.3. The van der Waals surface area contributed by atoms with Crippen molar-refractivity contribution >= 4 is 18.2 Å². The molecule has 0 radical (unpaired) electrons. The van der Waals surface area contributed by atoms with Crippen LogP contribution in [0.5, 0.6) is 11.5 Å². The van der Waals surface area contributed by atoms with E-state index in [9.17, 15) is 14.4 Å². The Labute approximate surface area is 149 Å². The van der Waals surface area contributed by atoms with Gasteiger partial charge in [0.1, 0.15) is 17.8 Å². The van der Waals surface area contributed by atoms with E-state index in [-0.39, 0.29) is 11.9 Å². The Bertz CT molecular complexity index is 565. The third-order valence-electron chi connectivity index (χ3n) is 3.82. The summed E-state index contributed by atoms with van der Waals surface area (Å²) in [5.41, 5.74) is 0.875. The lowest BCUT2D eigenvalue weighted by atomic mass is 10.0. The molecule has 0 aromatic heterocycles. The Morgan fingerprint density at radius 2 is 1.48 bits per heavy atom. The average molecular weight is 348 g/mol. The summed E-state index contributed by atoms with van der Waals surface area (Å²) in [6, 6.07) is 5.06. The van der Waals surface area contributed by atoms with Gasteiger partial charge >= 0.3 is 11.9 Å². The van der Waals surface area contributed by atoms with Crippen LogP contribution in [0.25, 0.3) is 0 Å². The van der Waals surface area contributed by atoms with E-state index < -0.39 is 0 Å². The van der Waals surface area contributed by atoms with Crippen LogP contribution in [0, 0.1) is 0 Å². The zero-order valence-electron chi connectivity index (χ0n) is 15.2. The highest BCUT2D eigenvalue weighted by atomic mass is 16.5. The standard InChI is InChI=1S/C20H28O5/c1-16(22)24-19-12-13-20(25-17(2)23)18(15-19)11-9-7-5-3-4-6-8-10-14-21/h12-15H,3-11H2,1-2H3. The Kier molecular flexibility index (Phi) is 10.2. The molecule has 138 valence electrons. The lowest BCUT2D eigenvalue weighted by molar-refractivity contribution is -0.133. The highest BCUT2D eigenvalue weighted by Gasteiger charge is 2.09. The summed E-state index contributed by atoms with van der Waals surface area (Å²) in [5, 5.41) is 0. The van der Waals surface area contributed by atoms with Crippen LogP contribution in [0.3, 0.4) is 0 Å². The van der Waals surface area contributed by atoms with Gasteiger partial charge in [-0.05, 0) is 43.0 Å². The predicted molar refractivity (Wildman–Crippen MR) is 95.8 cm³/mol. The third-order valence-corrected chi connectivity index (χ3v) is 3.82. The number of aryl methyl sites for hydroxylation is 1. The summed E-state index contributed by atoms with van der Waals surface area (Å²) in [6.07, 6.45) is 10.0. The molecule has 1 rings (SSSR count). The number of esters is 2. The van der Waals surface area contributed by atoms with Crippen LogP contribution in [-0.2, 0) is 20.8 Å². The monoisotopic (exact) mass is 348 g/mol. The molecule has 0 bridgehead atoms. The fraction of sp³-hybridized carbons (Fsp3) is 0.550. The van der Waals surface area contributed by atoms with Crippen molar-refractivity contribution in [2.24, 2.45) is 0 Å². The lowest BCUT2D eigenvalue weighted by Gasteiger charge is -2.11. The molecule has 1 aromatic rings. The molecular weight excluding hydrogens is 320 g/mol. The van der Waals surface area contributed by atoms with Crippen molar-refractivity contribution in [1.29, 1.82) is 0 Å². The van der Waals surface area contributed by atoms with Gasteiger partial charge in [-0.25, -0.2) is 0 Å². The molecule has 0 aliphatic heterocycles. The largest absolute Gasteiger partial charge is 0.427 e. The topological polar surface area (TPSA) is 69.7 Å². The molecule has 0 saturated carbocycles. The van der Waals surface area contributed by atoms with Gasteiger partial charge < -0.3 is 14.3 Å². The van der Waals surface area contributed by atoms with Crippen LogP contribution < -0.4 is 9.47 Å². The van der Waals surface area contributed by atoms with Gasteiger partial charge in [0, 0.05) is 20.3 Å². The Balaban J connectivity index is 2.44. The molecule has 0 fully saturated rings. The zero-order valence-corrected chi connectivity index (χ0v) is 15.2. The summed E-state index contributed by atoms with van der Waals surface area (Å²) in [7, 11) is 0. The number of aldehydes is 1. The second-order valence-electron chi connectivity index (χ2n) is 6.14. The van der Waals surface area contributed by atoms with Crippen molar-refractivity contribution < 1.29 is 23.9 Å². The summed E-state index contributed by atoms with van der Waals surface area (Å²) < 4.78 is 10.3. The summed E-state index contributed by atoms with van der Waals surface area (Å²) in [4.78, 5) is 32.5. The molecule has 0 unspecified atom stereocenters. The van der Waals surface area contributed by atoms with Crippen LogP contribution >= 0.6 is 0 Å². The zero-order chi connectivity index (χ0) is 18.5. The maximum atomic E-state index is 11.2. The van der Waals surface area contributed by atoms with E-state index in [4.69, 9.17) is 9.47 Å². The SMILES string of the molecule is CC(=O)Oc1ccc(OC(C)=O)c(CCCCCCCCCC=O)c1. The average Bonchev–Trinajstić information content (AvgIpc) is 2.54. The van der Waals surface area contributed by atoms with E-state index in [1.54, 1.807) is 18.2 Å². The first-order valence-corrected chi connectivity index (χ1v) is 8.96. The first-order valence-electron chi connectivity index (χ1n) is 8.96. The molecule has 0 saturated heterocycles. The second kappa shape index (κ2) is 12.2. The minimum atomic E-state index is -0.374. The quantitative estimate of drug-likeness (QED) is 0.242. The van der Waals surface area contributed by atoms with Crippen LogP contribution in [0.1, 0.15) is 70.8 Å². The first-order chi connectivity index (χ1) is 12.0. The molecule has 0 N–H and O–H groups in total. The van der Waals surface area contributed by atoms with Crippen molar-refractivity contribution in [2.75, 3.05) is 0 Å². The minimum absolute atomic E-state index is 0.364. The van der Waals surface area contributed by atoms with Crippen LogP contribution in [-0.4, -0.2) is 18.2 Å². The Morgan fingerprint density at radius 1 is 0.880 bits per heavy atom. The molecule has 0 atom stereocenters. The van der Waals surface area contributed by atoms with E-state index in [1.807, 2.05) is 0 Å². The van der Waals surface area contributed by atoms with Crippen LogP contribution in [0.15, 0.2) is 18.2 Å². The predicted octanol–water partition coefficient (Wildman–Crippen LogP) is 4.40. The van der Waals surface area contributed by atoms with E-state index in [1.165, 1.54) is 20.3 Å². The molecular formula is C20H28O5. The van der Waals surface area contributed by atoms with Crippen molar-refractivity contribution in [3.63, 3.8) is 0 Å². The second-order valence-corrected chi connectivity index (χ2v) is 6.14. The van der Waals surface area contributed by atoms with Gasteiger partial charge in [-0.2, -0.15) is 0 Å². The first kappa shape index (κ1) is 20.9. The van der Waals surface area contributed by atoms with Gasteiger partial charge in [0.2, 0.25) is 0 Å².